The van der Waals surface area contributed by atoms with Gasteiger partial charge in [-0.15, -0.1) is 0 Å². The zero-order chi connectivity index (χ0) is 26.5. The molecule has 7 nitrogen and oxygen atoms in total. The molecule has 7 heteroatoms. The predicted molar refractivity (Wildman–Crippen MR) is 144 cm³/mol. The van der Waals surface area contributed by atoms with E-state index < -0.39 is 17.7 Å². The Morgan fingerprint density at radius 3 is 2.41 bits per heavy atom. The molecule has 0 unspecified atom stereocenters. The fourth-order valence-corrected chi connectivity index (χ4v) is 4.92. The average molecular weight is 507 g/mol. The molecule has 37 heavy (non-hydrogen) atoms. The maximum absolute atomic E-state index is 13.4. The van der Waals surface area contributed by atoms with Crippen LogP contribution in [0.15, 0.2) is 48.0 Å². The molecule has 1 N–H and O–H groups in total. The second-order valence-corrected chi connectivity index (χ2v) is 10.1. The van der Waals surface area contributed by atoms with E-state index >= 15 is 0 Å². The van der Waals surface area contributed by atoms with E-state index in [4.69, 9.17) is 9.47 Å². The van der Waals surface area contributed by atoms with Crippen molar-refractivity contribution in [1.82, 2.24) is 9.80 Å². The molecule has 0 aromatic heterocycles. The fourth-order valence-electron chi connectivity index (χ4n) is 4.92. The quantitative estimate of drug-likeness (QED) is 0.303. The van der Waals surface area contributed by atoms with Crippen molar-refractivity contribution in [3.63, 3.8) is 0 Å². The largest absolute Gasteiger partial charge is 0.507 e. The maximum atomic E-state index is 13.4. The first-order valence-electron chi connectivity index (χ1n) is 13.2. The van der Waals surface area contributed by atoms with Crippen molar-refractivity contribution in [3.8, 4) is 5.75 Å². The van der Waals surface area contributed by atoms with Gasteiger partial charge in [0.15, 0.2) is 0 Å². The molecule has 1 amide bonds. The number of likely N-dealkylation sites (tertiary alicyclic amines) is 1. The van der Waals surface area contributed by atoms with Gasteiger partial charge in [-0.1, -0.05) is 45.0 Å². The highest BCUT2D eigenvalue weighted by Gasteiger charge is 2.46. The Balaban J connectivity index is 1.72. The number of ketones is 1. The molecule has 2 saturated heterocycles. The number of aliphatic hydroxyl groups is 1. The topological polar surface area (TPSA) is 79.3 Å². The SMILES string of the molecule is CCCOc1ccc(C(O)=C2C(=O)C(=O)N(CCN3CCOCC3)[C@H]2c2ccc(C(C)C)cc2)cc1C. The molecule has 0 saturated carbocycles. The minimum atomic E-state index is -0.654. The number of amides is 1. The van der Waals surface area contributed by atoms with Crippen LogP contribution in [0.3, 0.4) is 0 Å². The molecule has 2 fully saturated rings. The van der Waals surface area contributed by atoms with Crippen molar-refractivity contribution in [2.24, 2.45) is 0 Å². The molecule has 0 bridgehead atoms. The van der Waals surface area contributed by atoms with Gasteiger partial charge in [-0.25, -0.2) is 0 Å². The number of hydrogen-bond donors (Lipinski definition) is 1. The Morgan fingerprint density at radius 1 is 1.08 bits per heavy atom. The summed E-state index contributed by atoms with van der Waals surface area (Å²) >= 11 is 0. The summed E-state index contributed by atoms with van der Waals surface area (Å²) in [4.78, 5) is 30.5. The smallest absolute Gasteiger partial charge is 0.295 e. The van der Waals surface area contributed by atoms with Gasteiger partial charge in [-0.05, 0) is 54.2 Å². The van der Waals surface area contributed by atoms with Crippen LogP contribution in [-0.4, -0.2) is 72.6 Å². The summed E-state index contributed by atoms with van der Waals surface area (Å²) in [5.74, 6) is -0.285. The first-order valence-corrected chi connectivity index (χ1v) is 13.2. The lowest BCUT2D eigenvalue weighted by atomic mass is 9.93. The Morgan fingerprint density at radius 2 is 1.78 bits per heavy atom. The number of Topliss-reactive ketones (excluding diaryl/α,β-unsaturated/α-hetero) is 1. The van der Waals surface area contributed by atoms with Gasteiger partial charge in [0, 0.05) is 31.7 Å². The molecule has 0 spiro atoms. The van der Waals surface area contributed by atoms with Crippen molar-refractivity contribution in [1.29, 1.82) is 0 Å². The molecule has 2 heterocycles. The molecule has 2 aliphatic heterocycles. The van der Waals surface area contributed by atoms with Gasteiger partial charge in [-0.2, -0.15) is 0 Å². The monoisotopic (exact) mass is 506 g/mol. The number of carbonyl (C=O) groups excluding carboxylic acids is 2. The number of carbonyl (C=O) groups is 2. The summed E-state index contributed by atoms with van der Waals surface area (Å²) in [6.45, 7) is 12.7. The number of morpholine rings is 1. The van der Waals surface area contributed by atoms with Crippen LogP contribution in [0.4, 0.5) is 0 Å². The van der Waals surface area contributed by atoms with E-state index in [-0.39, 0.29) is 11.3 Å². The average Bonchev–Trinajstić information content (AvgIpc) is 3.16. The van der Waals surface area contributed by atoms with Gasteiger partial charge in [0.2, 0.25) is 0 Å². The van der Waals surface area contributed by atoms with E-state index in [1.165, 1.54) is 5.56 Å². The minimum Gasteiger partial charge on any atom is -0.507 e. The minimum absolute atomic E-state index is 0.130. The molecule has 2 aromatic carbocycles. The van der Waals surface area contributed by atoms with Crippen molar-refractivity contribution in [2.45, 2.75) is 46.1 Å². The Bertz CT molecular complexity index is 1150. The van der Waals surface area contributed by atoms with Crippen LogP contribution >= 0.6 is 0 Å². The second-order valence-electron chi connectivity index (χ2n) is 10.1. The lowest BCUT2D eigenvalue weighted by Gasteiger charge is -2.31. The van der Waals surface area contributed by atoms with E-state index in [9.17, 15) is 14.7 Å². The van der Waals surface area contributed by atoms with Crippen LogP contribution in [0.5, 0.6) is 5.75 Å². The third-order valence-corrected chi connectivity index (χ3v) is 7.13. The maximum Gasteiger partial charge on any atom is 0.295 e. The molecule has 198 valence electrons. The van der Waals surface area contributed by atoms with E-state index in [0.29, 0.717) is 44.4 Å². The molecule has 1 atom stereocenters. The summed E-state index contributed by atoms with van der Waals surface area (Å²) in [6, 6.07) is 12.7. The number of benzene rings is 2. The summed E-state index contributed by atoms with van der Waals surface area (Å²) in [6.07, 6.45) is 0.894. The number of aryl methyl sites for hydroxylation is 1. The van der Waals surface area contributed by atoms with Crippen molar-refractivity contribution in [3.05, 3.63) is 70.3 Å². The first kappa shape index (κ1) is 26.9. The highest BCUT2D eigenvalue weighted by Crippen LogP contribution is 2.40. The summed E-state index contributed by atoms with van der Waals surface area (Å²) in [5, 5.41) is 11.4. The zero-order valence-corrected chi connectivity index (χ0v) is 22.3. The van der Waals surface area contributed by atoms with E-state index in [2.05, 4.69) is 18.7 Å². The summed E-state index contributed by atoms with van der Waals surface area (Å²) in [7, 11) is 0. The fraction of sp³-hybridized carbons (Fsp3) is 0.467. The lowest BCUT2D eigenvalue weighted by Crippen LogP contribution is -2.42. The summed E-state index contributed by atoms with van der Waals surface area (Å²) in [5.41, 5.74) is 3.47. The van der Waals surface area contributed by atoms with Gasteiger partial charge >= 0.3 is 0 Å². The second kappa shape index (κ2) is 11.9. The van der Waals surface area contributed by atoms with Gasteiger partial charge in [0.25, 0.3) is 11.7 Å². The van der Waals surface area contributed by atoms with Crippen LogP contribution < -0.4 is 4.74 Å². The van der Waals surface area contributed by atoms with Crippen molar-refractivity contribution < 1.29 is 24.2 Å². The normalized spacial score (nSPS) is 20.1. The van der Waals surface area contributed by atoms with E-state index in [1.807, 2.05) is 38.1 Å². The lowest BCUT2D eigenvalue weighted by molar-refractivity contribution is -0.140. The van der Waals surface area contributed by atoms with Gasteiger partial charge in [0.1, 0.15) is 11.5 Å². The van der Waals surface area contributed by atoms with Gasteiger partial charge in [-0.3, -0.25) is 14.5 Å². The Hall–Kier alpha value is -3.16. The Labute approximate surface area is 219 Å². The molecule has 2 aromatic rings. The third-order valence-electron chi connectivity index (χ3n) is 7.13. The summed E-state index contributed by atoms with van der Waals surface area (Å²) < 4.78 is 11.2. The van der Waals surface area contributed by atoms with E-state index in [0.717, 1.165) is 36.4 Å². The third kappa shape index (κ3) is 5.89. The molecule has 0 aliphatic carbocycles. The van der Waals surface area contributed by atoms with Gasteiger partial charge < -0.3 is 19.5 Å². The van der Waals surface area contributed by atoms with Crippen LogP contribution in [0.25, 0.3) is 5.76 Å². The number of aliphatic hydroxyl groups excluding tert-OH is 1. The first-order chi connectivity index (χ1) is 17.8. The van der Waals surface area contributed by atoms with Crippen LogP contribution in [-0.2, 0) is 14.3 Å². The van der Waals surface area contributed by atoms with Crippen LogP contribution in [0.2, 0.25) is 0 Å². The number of nitrogens with zero attached hydrogens (tertiary/aromatic N) is 2. The molecular formula is C30H38N2O5. The van der Waals surface area contributed by atoms with Crippen LogP contribution in [0.1, 0.15) is 61.4 Å². The van der Waals surface area contributed by atoms with Crippen molar-refractivity contribution >= 4 is 17.4 Å². The number of hydrogen-bond acceptors (Lipinski definition) is 6. The number of rotatable bonds is 9. The predicted octanol–water partition coefficient (Wildman–Crippen LogP) is 4.66. The van der Waals surface area contributed by atoms with Gasteiger partial charge in [0.05, 0.1) is 31.4 Å². The molecule has 2 aliphatic rings. The van der Waals surface area contributed by atoms with E-state index in [1.54, 1.807) is 23.1 Å². The molecule has 4 rings (SSSR count). The zero-order valence-electron chi connectivity index (χ0n) is 22.3. The Kier molecular flexibility index (Phi) is 8.67. The standard InChI is InChI=1S/C30H38N2O5/c1-5-16-37-25-11-10-24(19-21(25)4)28(33)26-27(23-8-6-22(7-9-23)20(2)3)32(30(35)29(26)34)13-12-31-14-17-36-18-15-31/h6-11,19-20,27,33H,5,12-18H2,1-4H3/t27-/m0/s1. The molecule has 0 radical (unpaired) electrons. The van der Waals surface area contributed by atoms with Crippen LogP contribution in [0, 0.1) is 6.92 Å². The highest BCUT2D eigenvalue weighted by atomic mass is 16.5. The molecular weight excluding hydrogens is 468 g/mol. The highest BCUT2D eigenvalue weighted by molar-refractivity contribution is 6.46. The number of ether oxygens (including phenoxy) is 2. The van der Waals surface area contributed by atoms with Crippen molar-refractivity contribution in [2.75, 3.05) is 46.0 Å².